The van der Waals surface area contributed by atoms with Crippen LogP contribution in [0.15, 0.2) is 18.5 Å². The van der Waals surface area contributed by atoms with Crippen molar-refractivity contribution < 1.29 is 9.31 Å². The van der Waals surface area contributed by atoms with Crippen LogP contribution in [-0.4, -0.2) is 28.1 Å². The maximum absolute atomic E-state index is 5.85. The normalized spacial score (nSPS) is 23.3. The number of rotatable bonds is 2. The molecule has 0 saturated carbocycles. The van der Waals surface area contributed by atoms with Gasteiger partial charge in [0.25, 0.3) is 0 Å². The molecule has 0 radical (unpaired) electrons. The average Bonchev–Trinajstić information content (AvgIpc) is 2.59. The van der Waals surface area contributed by atoms with E-state index in [9.17, 15) is 0 Å². The van der Waals surface area contributed by atoms with Crippen molar-refractivity contribution in [2.75, 3.05) is 0 Å². The summed E-state index contributed by atoms with van der Waals surface area (Å²) in [6.45, 7) is 8.21. The summed E-state index contributed by atoms with van der Waals surface area (Å²) in [5.74, 6) is 0. The van der Waals surface area contributed by atoms with E-state index in [2.05, 4.69) is 32.8 Å². The summed E-state index contributed by atoms with van der Waals surface area (Å²) in [5, 5.41) is 4.13. The Morgan fingerprint density at radius 2 is 1.80 bits per heavy atom. The second-order valence-electron chi connectivity index (χ2n) is 4.91. The van der Waals surface area contributed by atoms with E-state index >= 15 is 0 Å². The molecule has 0 amide bonds. The Balaban J connectivity index is 2.04. The van der Waals surface area contributed by atoms with Gasteiger partial charge in [0.05, 0.1) is 17.6 Å². The molecule has 1 aliphatic heterocycles. The molecular formula is C10H17BN2O2. The molecule has 1 aliphatic rings. The van der Waals surface area contributed by atoms with Crippen molar-refractivity contribution in [2.45, 2.75) is 45.3 Å². The van der Waals surface area contributed by atoms with Gasteiger partial charge in [-0.15, -0.1) is 0 Å². The largest absolute Gasteiger partial charge is 0.480 e. The third-order valence-electron chi connectivity index (χ3n) is 3.20. The SMILES string of the molecule is CC1(C)OB(Cn2cccn2)OC1(C)C. The predicted octanol–water partition coefficient (Wildman–Crippen LogP) is 1.51. The smallest absolute Gasteiger partial charge is 0.402 e. The van der Waals surface area contributed by atoms with Gasteiger partial charge in [-0.3, -0.25) is 4.68 Å². The third kappa shape index (κ3) is 1.94. The summed E-state index contributed by atoms with van der Waals surface area (Å²) in [5.41, 5.74) is -0.518. The van der Waals surface area contributed by atoms with Crippen LogP contribution in [0, 0.1) is 0 Å². The lowest BCUT2D eigenvalue weighted by Gasteiger charge is -2.32. The van der Waals surface area contributed by atoms with Gasteiger partial charge in [-0.25, -0.2) is 0 Å². The Morgan fingerprint density at radius 3 is 2.27 bits per heavy atom. The molecule has 15 heavy (non-hydrogen) atoms. The first-order valence-electron chi connectivity index (χ1n) is 5.24. The minimum Gasteiger partial charge on any atom is -0.402 e. The van der Waals surface area contributed by atoms with E-state index in [-0.39, 0.29) is 18.3 Å². The molecule has 1 aromatic rings. The molecule has 0 unspecified atom stereocenters. The predicted molar refractivity (Wildman–Crippen MR) is 58.3 cm³/mol. The molecule has 4 nitrogen and oxygen atoms in total. The van der Waals surface area contributed by atoms with Crippen molar-refractivity contribution in [1.29, 1.82) is 0 Å². The van der Waals surface area contributed by atoms with Crippen LogP contribution in [0.25, 0.3) is 0 Å². The second-order valence-corrected chi connectivity index (χ2v) is 4.91. The molecule has 82 valence electrons. The van der Waals surface area contributed by atoms with Gasteiger partial charge in [0.1, 0.15) is 0 Å². The summed E-state index contributed by atoms with van der Waals surface area (Å²) in [7, 11) is -0.213. The first kappa shape index (κ1) is 10.7. The maximum Gasteiger partial charge on any atom is 0.480 e. The van der Waals surface area contributed by atoms with E-state index in [1.54, 1.807) is 6.20 Å². The summed E-state index contributed by atoms with van der Waals surface area (Å²) in [6.07, 6.45) is 4.30. The Labute approximate surface area is 90.7 Å². The number of nitrogens with zero attached hydrogens (tertiary/aromatic N) is 2. The monoisotopic (exact) mass is 208 g/mol. The van der Waals surface area contributed by atoms with Crippen LogP contribution in [0.1, 0.15) is 27.7 Å². The highest BCUT2D eigenvalue weighted by Crippen LogP contribution is 2.36. The van der Waals surface area contributed by atoms with Gasteiger partial charge >= 0.3 is 7.12 Å². The average molecular weight is 208 g/mol. The molecule has 1 aromatic heterocycles. The lowest BCUT2D eigenvalue weighted by Crippen LogP contribution is -2.41. The van der Waals surface area contributed by atoms with Gasteiger partial charge in [-0.2, -0.15) is 5.10 Å². The minimum absolute atomic E-state index is 0.213. The van der Waals surface area contributed by atoms with E-state index in [1.165, 1.54) is 0 Å². The van der Waals surface area contributed by atoms with Gasteiger partial charge in [0.2, 0.25) is 0 Å². The maximum atomic E-state index is 5.85. The quantitative estimate of drug-likeness (QED) is 0.691. The van der Waals surface area contributed by atoms with E-state index in [1.807, 2.05) is 16.9 Å². The number of hydrogen-bond acceptors (Lipinski definition) is 3. The first-order chi connectivity index (χ1) is 6.91. The molecule has 1 saturated heterocycles. The fourth-order valence-electron chi connectivity index (χ4n) is 1.60. The van der Waals surface area contributed by atoms with Crippen LogP contribution < -0.4 is 0 Å². The van der Waals surface area contributed by atoms with Gasteiger partial charge in [0, 0.05) is 12.4 Å². The standard InChI is InChI=1S/C10H17BN2O2/c1-9(2)10(3,4)15-11(14-9)8-13-7-5-6-12-13/h5-7H,8H2,1-4H3. The summed E-state index contributed by atoms with van der Waals surface area (Å²) >= 11 is 0. The Morgan fingerprint density at radius 1 is 1.20 bits per heavy atom. The number of aromatic nitrogens is 2. The van der Waals surface area contributed by atoms with Gasteiger partial charge in [-0.1, -0.05) is 0 Å². The summed E-state index contributed by atoms with van der Waals surface area (Å²) < 4.78 is 13.5. The molecule has 2 rings (SSSR count). The summed E-state index contributed by atoms with van der Waals surface area (Å²) in [6, 6.07) is 1.89. The first-order valence-corrected chi connectivity index (χ1v) is 5.24. The fraction of sp³-hybridized carbons (Fsp3) is 0.700. The van der Waals surface area contributed by atoms with Gasteiger partial charge in [-0.05, 0) is 33.8 Å². The van der Waals surface area contributed by atoms with E-state index in [0.717, 1.165) is 0 Å². The molecule has 5 heteroatoms. The molecule has 0 bridgehead atoms. The lowest BCUT2D eigenvalue weighted by atomic mass is 9.90. The summed E-state index contributed by atoms with van der Waals surface area (Å²) in [4.78, 5) is 0. The van der Waals surface area contributed by atoms with Gasteiger partial charge in [0.15, 0.2) is 0 Å². The molecule has 0 atom stereocenters. The molecule has 2 heterocycles. The van der Waals surface area contributed by atoms with E-state index < -0.39 is 0 Å². The van der Waals surface area contributed by atoms with Crippen LogP contribution in [-0.2, 0) is 15.8 Å². The van der Waals surface area contributed by atoms with Crippen LogP contribution in [0.2, 0.25) is 0 Å². The molecule has 1 fully saturated rings. The number of hydrogen-bond donors (Lipinski definition) is 0. The van der Waals surface area contributed by atoms with Crippen LogP contribution in [0.5, 0.6) is 0 Å². The van der Waals surface area contributed by atoms with Crippen LogP contribution >= 0.6 is 0 Å². The van der Waals surface area contributed by atoms with E-state index in [0.29, 0.717) is 6.44 Å². The van der Waals surface area contributed by atoms with Crippen LogP contribution in [0.4, 0.5) is 0 Å². The zero-order valence-electron chi connectivity index (χ0n) is 9.73. The molecular weight excluding hydrogens is 191 g/mol. The minimum atomic E-state index is -0.259. The van der Waals surface area contributed by atoms with Crippen molar-refractivity contribution >= 4 is 7.12 Å². The second kappa shape index (κ2) is 3.35. The molecule has 0 aromatic carbocycles. The lowest BCUT2D eigenvalue weighted by molar-refractivity contribution is 0.00578. The van der Waals surface area contributed by atoms with Crippen molar-refractivity contribution in [3.8, 4) is 0 Å². The topological polar surface area (TPSA) is 36.3 Å². The highest BCUT2D eigenvalue weighted by atomic mass is 16.7. The van der Waals surface area contributed by atoms with Crippen molar-refractivity contribution in [3.63, 3.8) is 0 Å². The van der Waals surface area contributed by atoms with Crippen molar-refractivity contribution in [1.82, 2.24) is 9.78 Å². The third-order valence-corrected chi connectivity index (χ3v) is 3.20. The molecule has 0 N–H and O–H groups in total. The molecule has 0 aliphatic carbocycles. The van der Waals surface area contributed by atoms with E-state index in [4.69, 9.17) is 9.31 Å². The van der Waals surface area contributed by atoms with Crippen LogP contribution in [0.3, 0.4) is 0 Å². The highest BCUT2D eigenvalue weighted by Gasteiger charge is 2.51. The highest BCUT2D eigenvalue weighted by molar-refractivity contribution is 6.44. The zero-order chi connectivity index (χ0) is 11.1. The Kier molecular flexibility index (Phi) is 2.39. The molecule has 0 spiro atoms. The van der Waals surface area contributed by atoms with Crippen molar-refractivity contribution in [3.05, 3.63) is 18.5 Å². The fourth-order valence-corrected chi connectivity index (χ4v) is 1.60. The van der Waals surface area contributed by atoms with Crippen molar-refractivity contribution in [2.24, 2.45) is 0 Å². The van der Waals surface area contributed by atoms with Gasteiger partial charge < -0.3 is 9.31 Å². The Hall–Kier alpha value is -0.805. The Bertz CT molecular complexity index is 319. The zero-order valence-corrected chi connectivity index (χ0v) is 9.73.